The quantitative estimate of drug-likeness (QED) is 0.656. The van der Waals surface area contributed by atoms with E-state index in [0.717, 1.165) is 54.7 Å². The molecule has 1 aromatic heterocycles. The van der Waals surface area contributed by atoms with Crippen LogP contribution in [0.25, 0.3) is 0 Å². The maximum Gasteiger partial charge on any atom is 0.341 e. The van der Waals surface area contributed by atoms with Gasteiger partial charge in [0.25, 0.3) is 5.91 Å². The number of ether oxygens (including phenoxy) is 1. The second-order valence-electron chi connectivity index (χ2n) is 6.88. The van der Waals surface area contributed by atoms with E-state index in [2.05, 4.69) is 12.2 Å². The number of carbonyl (C=O) groups is 2. The van der Waals surface area contributed by atoms with Gasteiger partial charge in [-0.05, 0) is 49.8 Å². The summed E-state index contributed by atoms with van der Waals surface area (Å²) in [5.41, 5.74) is 0.551. The van der Waals surface area contributed by atoms with Gasteiger partial charge in [-0.15, -0.1) is 11.3 Å². The SMILES string of the molecule is CCC[C@@H]1CCc2c(sc(NC(=O)c3c(F)cccc3F)c2C(=O)OCC)C1. The third kappa shape index (κ3) is 4.09. The Balaban J connectivity index is 1.96. The number of hydrogen-bond donors (Lipinski definition) is 1. The molecule has 0 fully saturated rings. The van der Waals surface area contributed by atoms with Crippen molar-refractivity contribution in [2.24, 2.45) is 5.92 Å². The Morgan fingerprint density at radius 2 is 1.93 bits per heavy atom. The minimum Gasteiger partial charge on any atom is -0.462 e. The van der Waals surface area contributed by atoms with Crippen LogP contribution in [0.4, 0.5) is 13.8 Å². The summed E-state index contributed by atoms with van der Waals surface area (Å²) in [5, 5.41) is 2.85. The van der Waals surface area contributed by atoms with Crippen LogP contribution < -0.4 is 5.32 Å². The molecule has 150 valence electrons. The predicted octanol–water partition coefficient (Wildman–Crippen LogP) is 5.36. The van der Waals surface area contributed by atoms with Crippen molar-refractivity contribution in [1.82, 2.24) is 0 Å². The van der Waals surface area contributed by atoms with Crippen molar-refractivity contribution in [2.45, 2.75) is 46.0 Å². The summed E-state index contributed by atoms with van der Waals surface area (Å²) >= 11 is 1.30. The Hall–Kier alpha value is -2.28. The molecule has 1 heterocycles. The first kappa shape index (κ1) is 20.5. The molecule has 1 amide bonds. The topological polar surface area (TPSA) is 55.4 Å². The lowest BCUT2D eigenvalue weighted by Gasteiger charge is -2.21. The van der Waals surface area contributed by atoms with Crippen LogP contribution in [0.5, 0.6) is 0 Å². The van der Waals surface area contributed by atoms with Crippen LogP contribution >= 0.6 is 11.3 Å². The Labute approximate surface area is 166 Å². The van der Waals surface area contributed by atoms with Crippen LogP contribution in [0.1, 0.15) is 64.3 Å². The lowest BCUT2D eigenvalue weighted by molar-refractivity contribution is 0.0526. The fourth-order valence-corrected chi connectivity index (χ4v) is 5.04. The molecule has 2 aromatic rings. The van der Waals surface area contributed by atoms with Crippen molar-refractivity contribution in [3.05, 3.63) is 51.4 Å². The van der Waals surface area contributed by atoms with E-state index >= 15 is 0 Å². The number of hydrogen-bond acceptors (Lipinski definition) is 4. The fourth-order valence-electron chi connectivity index (χ4n) is 3.70. The maximum absolute atomic E-state index is 14.0. The van der Waals surface area contributed by atoms with Crippen molar-refractivity contribution in [3.63, 3.8) is 0 Å². The Kier molecular flexibility index (Phi) is 6.44. The van der Waals surface area contributed by atoms with Gasteiger partial charge >= 0.3 is 5.97 Å². The molecular weight excluding hydrogens is 384 g/mol. The van der Waals surface area contributed by atoms with E-state index in [0.29, 0.717) is 16.5 Å². The first-order valence-electron chi connectivity index (χ1n) is 9.53. The third-order valence-corrected chi connectivity index (χ3v) is 6.13. The average Bonchev–Trinajstić information content (AvgIpc) is 2.99. The number of anilines is 1. The second kappa shape index (κ2) is 8.82. The zero-order valence-corrected chi connectivity index (χ0v) is 16.8. The van der Waals surface area contributed by atoms with Crippen LogP contribution in [0.3, 0.4) is 0 Å². The molecule has 0 bridgehead atoms. The smallest absolute Gasteiger partial charge is 0.341 e. The lowest BCUT2D eigenvalue weighted by Crippen LogP contribution is -2.18. The predicted molar refractivity (Wildman–Crippen MR) is 105 cm³/mol. The number of thiophene rings is 1. The summed E-state index contributed by atoms with van der Waals surface area (Å²) in [6, 6.07) is 3.25. The van der Waals surface area contributed by atoms with Crippen LogP contribution in [-0.4, -0.2) is 18.5 Å². The second-order valence-corrected chi connectivity index (χ2v) is 7.98. The van der Waals surface area contributed by atoms with Gasteiger partial charge in [0.15, 0.2) is 0 Å². The summed E-state index contributed by atoms with van der Waals surface area (Å²) in [6.45, 7) is 4.06. The normalized spacial score (nSPS) is 15.8. The Morgan fingerprint density at radius 1 is 1.21 bits per heavy atom. The van der Waals surface area contributed by atoms with E-state index < -0.39 is 29.1 Å². The van der Waals surface area contributed by atoms with Crippen molar-refractivity contribution < 1.29 is 23.1 Å². The number of rotatable bonds is 6. The van der Waals surface area contributed by atoms with Crippen LogP contribution in [-0.2, 0) is 17.6 Å². The zero-order valence-electron chi connectivity index (χ0n) is 15.9. The molecule has 1 aliphatic carbocycles. The fraction of sp³-hybridized carbons (Fsp3) is 0.429. The molecule has 0 unspecified atom stereocenters. The monoisotopic (exact) mass is 407 g/mol. The van der Waals surface area contributed by atoms with Gasteiger partial charge < -0.3 is 10.1 Å². The highest BCUT2D eigenvalue weighted by Crippen LogP contribution is 2.41. The molecular formula is C21H23F2NO3S. The molecule has 28 heavy (non-hydrogen) atoms. The summed E-state index contributed by atoms with van der Waals surface area (Å²) in [7, 11) is 0. The van der Waals surface area contributed by atoms with Crippen molar-refractivity contribution >= 4 is 28.2 Å². The number of nitrogens with one attached hydrogen (secondary N) is 1. The number of fused-ring (bicyclic) bond motifs is 1. The minimum atomic E-state index is -0.945. The van der Waals surface area contributed by atoms with Gasteiger partial charge in [0.2, 0.25) is 0 Å². The van der Waals surface area contributed by atoms with Gasteiger partial charge in [-0.2, -0.15) is 0 Å². The summed E-state index contributed by atoms with van der Waals surface area (Å²) in [6.07, 6.45) is 4.73. The molecule has 4 nitrogen and oxygen atoms in total. The van der Waals surface area contributed by atoms with E-state index in [1.165, 1.54) is 17.4 Å². The average molecular weight is 407 g/mol. The number of benzene rings is 1. The first-order chi connectivity index (χ1) is 13.5. The molecule has 1 aliphatic rings. The van der Waals surface area contributed by atoms with E-state index in [-0.39, 0.29) is 6.61 Å². The van der Waals surface area contributed by atoms with Gasteiger partial charge in [0.05, 0.1) is 12.2 Å². The number of halogens is 2. The Morgan fingerprint density at radius 3 is 2.57 bits per heavy atom. The molecule has 1 aromatic carbocycles. The van der Waals surface area contributed by atoms with Gasteiger partial charge in [0, 0.05) is 4.88 Å². The van der Waals surface area contributed by atoms with Gasteiger partial charge in [0.1, 0.15) is 22.2 Å². The molecule has 0 aliphatic heterocycles. The largest absolute Gasteiger partial charge is 0.462 e. The number of carbonyl (C=O) groups excluding carboxylic acids is 2. The molecule has 1 N–H and O–H groups in total. The number of amides is 1. The third-order valence-electron chi connectivity index (χ3n) is 4.96. The molecule has 0 saturated carbocycles. The van der Waals surface area contributed by atoms with Crippen molar-refractivity contribution in [1.29, 1.82) is 0 Å². The molecule has 3 rings (SSSR count). The zero-order chi connectivity index (χ0) is 20.3. The summed E-state index contributed by atoms with van der Waals surface area (Å²) < 4.78 is 33.1. The van der Waals surface area contributed by atoms with E-state index in [1.807, 2.05) is 0 Å². The molecule has 7 heteroatoms. The van der Waals surface area contributed by atoms with Crippen molar-refractivity contribution in [3.8, 4) is 0 Å². The van der Waals surface area contributed by atoms with Gasteiger partial charge in [-0.25, -0.2) is 13.6 Å². The van der Waals surface area contributed by atoms with Gasteiger partial charge in [-0.3, -0.25) is 4.79 Å². The van der Waals surface area contributed by atoms with Gasteiger partial charge in [-0.1, -0.05) is 25.8 Å². The van der Waals surface area contributed by atoms with E-state index in [9.17, 15) is 18.4 Å². The maximum atomic E-state index is 14.0. The van der Waals surface area contributed by atoms with E-state index in [4.69, 9.17) is 4.74 Å². The molecule has 1 atom stereocenters. The van der Waals surface area contributed by atoms with Crippen LogP contribution in [0, 0.1) is 17.6 Å². The van der Waals surface area contributed by atoms with Crippen LogP contribution in [0.2, 0.25) is 0 Å². The van der Waals surface area contributed by atoms with Crippen LogP contribution in [0.15, 0.2) is 18.2 Å². The van der Waals surface area contributed by atoms with Crippen molar-refractivity contribution in [2.75, 3.05) is 11.9 Å². The molecule has 0 spiro atoms. The highest BCUT2D eigenvalue weighted by molar-refractivity contribution is 7.17. The standard InChI is InChI=1S/C21H23F2NO3S/c1-3-6-12-9-10-13-16(11-12)28-20(17(13)21(26)27-4-2)24-19(25)18-14(22)7-5-8-15(18)23/h5,7-8,12H,3-4,6,9-11H2,1-2H3,(H,24,25)/t12-/m1/s1. The lowest BCUT2D eigenvalue weighted by atomic mass is 9.84. The summed E-state index contributed by atoms with van der Waals surface area (Å²) in [5.74, 6) is -2.78. The molecule has 0 saturated heterocycles. The number of esters is 1. The Bertz CT molecular complexity index is 874. The minimum absolute atomic E-state index is 0.206. The molecule has 0 radical (unpaired) electrons. The van der Waals surface area contributed by atoms with E-state index in [1.54, 1.807) is 6.92 Å². The summed E-state index contributed by atoms with van der Waals surface area (Å²) in [4.78, 5) is 26.1. The first-order valence-corrected chi connectivity index (χ1v) is 10.3. The highest BCUT2D eigenvalue weighted by Gasteiger charge is 2.31. The highest BCUT2D eigenvalue weighted by atomic mass is 32.1.